The Morgan fingerprint density at radius 2 is 1.87 bits per heavy atom. The van der Waals surface area contributed by atoms with Crippen LogP contribution in [0.2, 0.25) is 0 Å². The largest absolute Gasteiger partial charge is 0.353 e. The number of benzene rings is 1. The first-order valence-electron chi connectivity index (χ1n) is 10.2. The third-order valence-corrected chi connectivity index (χ3v) is 5.90. The van der Waals surface area contributed by atoms with Gasteiger partial charge >= 0.3 is 0 Å². The highest BCUT2D eigenvalue weighted by atomic mass is 32.2. The van der Waals surface area contributed by atoms with Gasteiger partial charge in [0.25, 0.3) is 5.56 Å². The minimum atomic E-state index is -0.169. The second kappa shape index (κ2) is 9.74. The average molecular weight is 437 g/mol. The fraction of sp³-hybridized carbons (Fsp3) is 0.318. The SMILES string of the molecule is Cc1ccnc(SCC(=O)N2CCCN(c3ccc(=O)n(-c4ccccc4)n3)CC2)n1. The topological polar surface area (TPSA) is 84.2 Å². The van der Waals surface area contributed by atoms with Gasteiger partial charge in [-0.3, -0.25) is 9.59 Å². The van der Waals surface area contributed by atoms with Gasteiger partial charge in [-0.05, 0) is 37.6 Å². The number of rotatable bonds is 5. The Balaban J connectivity index is 1.40. The molecule has 0 atom stereocenters. The van der Waals surface area contributed by atoms with Gasteiger partial charge in [-0.15, -0.1) is 5.10 Å². The van der Waals surface area contributed by atoms with E-state index in [0.29, 0.717) is 30.5 Å². The number of hydrogen-bond donors (Lipinski definition) is 0. The maximum Gasteiger partial charge on any atom is 0.271 e. The van der Waals surface area contributed by atoms with Crippen LogP contribution in [-0.4, -0.2) is 62.5 Å². The standard InChI is InChI=1S/C22H24N6O2S/c1-17-10-11-23-22(24-17)31-16-21(30)27-13-5-12-26(14-15-27)19-8-9-20(29)28(25-19)18-6-3-2-4-7-18/h2-4,6-11H,5,12-16H2,1H3. The molecule has 0 saturated carbocycles. The summed E-state index contributed by atoms with van der Waals surface area (Å²) >= 11 is 1.36. The van der Waals surface area contributed by atoms with Crippen LogP contribution in [0, 0.1) is 6.92 Å². The molecule has 3 heterocycles. The highest BCUT2D eigenvalue weighted by Crippen LogP contribution is 2.16. The van der Waals surface area contributed by atoms with E-state index in [-0.39, 0.29) is 11.5 Å². The summed E-state index contributed by atoms with van der Waals surface area (Å²) in [5.74, 6) is 1.14. The molecule has 1 amide bonds. The molecule has 1 aromatic carbocycles. The van der Waals surface area contributed by atoms with Crippen molar-refractivity contribution in [1.82, 2.24) is 24.6 Å². The maximum absolute atomic E-state index is 12.7. The van der Waals surface area contributed by atoms with Crippen molar-refractivity contribution in [2.24, 2.45) is 0 Å². The summed E-state index contributed by atoms with van der Waals surface area (Å²) in [6.45, 7) is 4.66. The molecule has 0 aliphatic carbocycles. The number of nitrogens with zero attached hydrogens (tertiary/aromatic N) is 6. The van der Waals surface area contributed by atoms with Crippen LogP contribution in [0.5, 0.6) is 0 Å². The number of carbonyl (C=O) groups excluding carboxylic acids is 1. The van der Waals surface area contributed by atoms with Gasteiger partial charge in [0.1, 0.15) is 5.82 Å². The van der Waals surface area contributed by atoms with Crippen molar-refractivity contribution < 1.29 is 4.79 Å². The molecule has 1 fully saturated rings. The molecule has 8 nitrogen and oxygen atoms in total. The summed E-state index contributed by atoms with van der Waals surface area (Å²) in [6.07, 6.45) is 2.55. The van der Waals surface area contributed by atoms with Crippen molar-refractivity contribution >= 4 is 23.5 Å². The second-order valence-corrected chi connectivity index (χ2v) is 8.21. The maximum atomic E-state index is 12.7. The molecule has 31 heavy (non-hydrogen) atoms. The lowest BCUT2D eigenvalue weighted by atomic mass is 10.3. The van der Waals surface area contributed by atoms with Gasteiger partial charge in [-0.25, -0.2) is 9.97 Å². The van der Waals surface area contributed by atoms with Crippen molar-refractivity contribution in [3.63, 3.8) is 0 Å². The van der Waals surface area contributed by atoms with Gasteiger partial charge in [-0.2, -0.15) is 4.68 Å². The summed E-state index contributed by atoms with van der Waals surface area (Å²) in [6, 6.07) is 14.5. The van der Waals surface area contributed by atoms with Gasteiger partial charge in [0.05, 0.1) is 11.4 Å². The first-order chi connectivity index (χ1) is 15.1. The zero-order valence-corrected chi connectivity index (χ0v) is 18.2. The van der Waals surface area contributed by atoms with Crippen molar-refractivity contribution in [1.29, 1.82) is 0 Å². The minimum absolute atomic E-state index is 0.0826. The van der Waals surface area contributed by atoms with Crippen LogP contribution in [0.3, 0.4) is 0 Å². The zero-order valence-electron chi connectivity index (χ0n) is 17.3. The highest BCUT2D eigenvalue weighted by Gasteiger charge is 2.21. The van der Waals surface area contributed by atoms with E-state index in [4.69, 9.17) is 0 Å². The Kier molecular flexibility index (Phi) is 6.61. The molecule has 0 unspecified atom stereocenters. The molecule has 3 aromatic rings. The van der Waals surface area contributed by atoms with Crippen LogP contribution in [0.15, 0.2) is 64.7 Å². The Hall–Kier alpha value is -3.20. The van der Waals surface area contributed by atoms with E-state index in [1.807, 2.05) is 48.2 Å². The smallest absolute Gasteiger partial charge is 0.271 e. The fourth-order valence-electron chi connectivity index (χ4n) is 3.43. The Morgan fingerprint density at radius 3 is 2.68 bits per heavy atom. The van der Waals surface area contributed by atoms with Crippen molar-refractivity contribution in [3.8, 4) is 5.69 Å². The molecular weight excluding hydrogens is 412 g/mol. The van der Waals surface area contributed by atoms with E-state index < -0.39 is 0 Å². The number of aryl methyl sites for hydroxylation is 1. The second-order valence-electron chi connectivity index (χ2n) is 7.27. The van der Waals surface area contributed by atoms with Gasteiger partial charge < -0.3 is 9.80 Å². The summed E-state index contributed by atoms with van der Waals surface area (Å²) in [4.78, 5) is 37.6. The highest BCUT2D eigenvalue weighted by molar-refractivity contribution is 7.99. The monoisotopic (exact) mass is 436 g/mol. The van der Waals surface area contributed by atoms with Crippen molar-refractivity contribution in [2.45, 2.75) is 18.5 Å². The van der Waals surface area contributed by atoms with Crippen molar-refractivity contribution in [3.05, 3.63) is 70.8 Å². The molecule has 4 rings (SSSR count). The predicted octanol–water partition coefficient (Wildman–Crippen LogP) is 2.16. The van der Waals surface area contributed by atoms with Gasteiger partial charge in [0.2, 0.25) is 5.91 Å². The van der Waals surface area contributed by atoms with Gasteiger partial charge in [0, 0.05) is 44.1 Å². The summed E-state index contributed by atoms with van der Waals surface area (Å²) in [5, 5.41) is 5.19. The molecule has 0 bridgehead atoms. The summed E-state index contributed by atoms with van der Waals surface area (Å²) in [7, 11) is 0. The van der Waals surface area contributed by atoms with Crippen LogP contribution < -0.4 is 10.5 Å². The van der Waals surface area contributed by atoms with Crippen LogP contribution >= 0.6 is 11.8 Å². The zero-order chi connectivity index (χ0) is 21.6. The van der Waals surface area contributed by atoms with E-state index in [1.54, 1.807) is 18.3 Å². The molecule has 9 heteroatoms. The summed E-state index contributed by atoms with van der Waals surface area (Å²) < 4.78 is 1.42. The molecular formula is C22H24N6O2S. The van der Waals surface area contributed by atoms with Gasteiger partial charge in [-0.1, -0.05) is 30.0 Å². The summed E-state index contributed by atoms with van der Waals surface area (Å²) in [5.41, 5.74) is 1.45. The lowest BCUT2D eigenvalue weighted by Gasteiger charge is -2.23. The van der Waals surface area contributed by atoms with E-state index in [2.05, 4.69) is 20.0 Å². The number of aromatic nitrogens is 4. The van der Waals surface area contributed by atoms with Crippen LogP contribution in [0.1, 0.15) is 12.1 Å². The number of anilines is 1. The lowest BCUT2D eigenvalue weighted by Crippen LogP contribution is -2.36. The van der Waals surface area contributed by atoms with Gasteiger partial charge in [0.15, 0.2) is 5.16 Å². The molecule has 1 aliphatic heterocycles. The normalized spacial score (nSPS) is 14.4. The molecule has 1 saturated heterocycles. The van der Waals surface area contributed by atoms with E-state index in [1.165, 1.54) is 16.4 Å². The van der Waals surface area contributed by atoms with E-state index >= 15 is 0 Å². The average Bonchev–Trinajstić information content (AvgIpc) is 3.05. The van der Waals surface area contributed by atoms with Crippen LogP contribution in [0.25, 0.3) is 5.69 Å². The Labute approximate surface area is 184 Å². The molecule has 0 N–H and O–H groups in total. The third-order valence-electron chi connectivity index (χ3n) is 5.06. The molecule has 160 valence electrons. The fourth-order valence-corrected chi connectivity index (χ4v) is 4.21. The number of amides is 1. The van der Waals surface area contributed by atoms with Crippen LogP contribution in [-0.2, 0) is 4.79 Å². The quantitative estimate of drug-likeness (QED) is 0.448. The predicted molar refractivity (Wildman–Crippen MR) is 121 cm³/mol. The first kappa shape index (κ1) is 21.0. The van der Waals surface area contributed by atoms with E-state index in [0.717, 1.165) is 30.2 Å². The number of thioether (sulfide) groups is 1. The first-order valence-corrected chi connectivity index (χ1v) is 11.2. The Bertz CT molecular complexity index is 1100. The van der Waals surface area contributed by atoms with E-state index in [9.17, 15) is 9.59 Å². The number of para-hydroxylation sites is 1. The lowest BCUT2D eigenvalue weighted by molar-refractivity contribution is -0.128. The molecule has 2 aromatic heterocycles. The van der Waals surface area contributed by atoms with Crippen molar-refractivity contribution in [2.75, 3.05) is 36.8 Å². The van der Waals surface area contributed by atoms with Crippen LogP contribution in [0.4, 0.5) is 5.82 Å². The Morgan fingerprint density at radius 1 is 1.03 bits per heavy atom. The third kappa shape index (κ3) is 5.29. The molecule has 1 aliphatic rings. The minimum Gasteiger partial charge on any atom is -0.353 e. The number of hydrogen-bond acceptors (Lipinski definition) is 7. The number of carbonyl (C=O) groups is 1. The molecule has 0 radical (unpaired) electrons. The molecule has 0 spiro atoms.